The average Bonchev–Trinajstić information content (AvgIpc) is 3.69. The molecule has 2 aromatic heterocycles. The normalized spacial score (nSPS) is 30.0. The molecule has 6 atom stereocenters. The van der Waals surface area contributed by atoms with E-state index in [0.29, 0.717) is 58.8 Å². The zero-order valence-corrected chi connectivity index (χ0v) is 25.9. The number of rotatable bonds is 4. The summed E-state index contributed by atoms with van der Waals surface area (Å²) in [6.07, 6.45) is 11.4. The second-order valence-electron chi connectivity index (χ2n) is 14.4. The Morgan fingerprint density at radius 2 is 1.98 bits per heavy atom. The summed E-state index contributed by atoms with van der Waals surface area (Å²) >= 11 is 0. The zero-order valence-electron chi connectivity index (χ0n) is 25.9. The van der Waals surface area contributed by atoms with Gasteiger partial charge in [0, 0.05) is 36.5 Å². The summed E-state index contributed by atoms with van der Waals surface area (Å²) in [5, 5.41) is 1.78. The van der Waals surface area contributed by atoms with Crippen LogP contribution in [0.3, 0.4) is 0 Å². The Morgan fingerprint density at radius 1 is 1.09 bits per heavy atom. The number of fused-ring (bicyclic) bond motifs is 7. The van der Waals surface area contributed by atoms with Crippen molar-refractivity contribution < 1.29 is 17.9 Å². The molecule has 4 aliphatic heterocycles. The number of halogens is 3. The average molecular weight is 624 g/mol. The van der Waals surface area contributed by atoms with Crippen molar-refractivity contribution in [1.82, 2.24) is 19.9 Å². The number of aromatic nitrogens is 3. The molecule has 4 aromatic rings. The largest absolute Gasteiger partial charge is 0.461 e. The molecule has 5 aliphatic rings. The van der Waals surface area contributed by atoms with Crippen LogP contribution in [0.1, 0.15) is 56.7 Å². The number of hydrogen-bond donors (Lipinski definition) is 0. The van der Waals surface area contributed by atoms with E-state index in [4.69, 9.17) is 26.1 Å². The Bertz CT molecular complexity index is 1960. The summed E-state index contributed by atoms with van der Waals surface area (Å²) in [5.74, 6) is 3.37. The molecule has 6 heterocycles. The van der Waals surface area contributed by atoms with Gasteiger partial charge in [-0.3, -0.25) is 4.90 Å². The number of nitrogens with zero attached hydrogens (tertiary/aromatic N) is 5. The fourth-order valence-corrected chi connectivity index (χ4v) is 9.81. The third-order valence-corrected chi connectivity index (χ3v) is 11.7. The molecule has 236 valence electrons. The molecule has 2 aromatic carbocycles. The number of hydrogen-bond acceptors (Lipinski definition) is 6. The van der Waals surface area contributed by atoms with Crippen molar-refractivity contribution >= 4 is 27.5 Å². The van der Waals surface area contributed by atoms with Gasteiger partial charge < -0.3 is 9.64 Å². The molecule has 1 saturated carbocycles. The first-order chi connectivity index (χ1) is 22.3. The lowest BCUT2D eigenvalue weighted by molar-refractivity contribution is 0.107. The van der Waals surface area contributed by atoms with Gasteiger partial charge in [-0.05, 0) is 74.3 Å². The summed E-state index contributed by atoms with van der Waals surface area (Å²) < 4.78 is 53.0. The van der Waals surface area contributed by atoms with Gasteiger partial charge in [0.1, 0.15) is 35.6 Å². The summed E-state index contributed by atoms with van der Waals surface area (Å²) in [6, 6.07) is 8.74. The maximum absolute atomic E-state index is 17.1. The van der Waals surface area contributed by atoms with E-state index < -0.39 is 17.8 Å². The van der Waals surface area contributed by atoms with Crippen LogP contribution in [0.15, 0.2) is 30.3 Å². The summed E-state index contributed by atoms with van der Waals surface area (Å²) in [7, 11) is 0. The van der Waals surface area contributed by atoms with Gasteiger partial charge in [0.05, 0.1) is 22.2 Å². The smallest absolute Gasteiger partial charge is 0.319 e. The highest BCUT2D eigenvalue weighted by molar-refractivity contribution is 6.02. The number of benzene rings is 2. The fourth-order valence-electron chi connectivity index (χ4n) is 9.81. The zero-order chi connectivity index (χ0) is 31.3. The Hall–Kier alpha value is -3.90. The topological polar surface area (TPSA) is 54.4 Å². The van der Waals surface area contributed by atoms with E-state index in [-0.39, 0.29) is 46.9 Å². The van der Waals surface area contributed by atoms with E-state index in [2.05, 4.69) is 22.6 Å². The van der Waals surface area contributed by atoms with E-state index in [9.17, 15) is 8.78 Å². The van der Waals surface area contributed by atoms with E-state index in [1.807, 2.05) is 12.1 Å². The molecule has 46 heavy (non-hydrogen) atoms. The number of anilines is 1. The van der Waals surface area contributed by atoms with Gasteiger partial charge in [-0.25, -0.2) is 18.2 Å². The molecule has 0 radical (unpaired) electrons. The van der Waals surface area contributed by atoms with Crippen molar-refractivity contribution in [3.05, 3.63) is 53.2 Å². The van der Waals surface area contributed by atoms with Crippen LogP contribution in [0.5, 0.6) is 6.01 Å². The second-order valence-corrected chi connectivity index (χ2v) is 14.4. The van der Waals surface area contributed by atoms with Crippen molar-refractivity contribution in [3.63, 3.8) is 0 Å². The molecule has 0 amide bonds. The number of pyridine rings is 1. The Kier molecular flexibility index (Phi) is 6.34. The molecular formula is C37H36F3N5O. The van der Waals surface area contributed by atoms with E-state index >= 15 is 4.39 Å². The molecule has 9 rings (SSSR count). The first-order valence-corrected chi connectivity index (χ1v) is 16.7. The number of ether oxygens (including phenoxy) is 1. The molecule has 4 fully saturated rings. The van der Waals surface area contributed by atoms with Gasteiger partial charge in [-0.1, -0.05) is 37.1 Å². The van der Waals surface area contributed by atoms with Crippen LogP contribution in [0.4, 0.5) is 19.0 Å². The minimum atomic E-state index is -0.885. The molecule has 0 spiro atoms. The minimum absolute atomic E-state index is 0.0808. The first-order valence-electron chi connectivity index (χ1n) is 16.7. The highest BCUT2D eigenvalue weighted by atomic mass is 19.1. The number of piperidine rings is 1. The van der Waals surface area contributed by atoms with Crippen LogP contribution in [0, 0.1) is 41.7 Å². The second kappa shape index (κ2) is 10.3. The highest BCUT2D eigenvalue weighted by Gasteiger charge is 2.50. The predicted molar refractivity (Wildman–Crippen MR) is 172 cm³/mol. The Morgan fingerprint density at radius 3 is 2.85 bits per heavy atom. The van der Waals surface area contributed by atoms with Gasteiger partial charge in [0.2, 0.25) is 0 Å². The number of terminal acetylenes is 1. The lowest BCUT2D eigenvalue weighted by Gasteiger charge is -2.43. The van der Waals surface area contributed by atoms with Crippen molar-refractivity contribution in [2.45, 2.75) is 69.6 Å². The van der Waals surface area contributed by atoms with Crippen LogP contribution in [-0.4, -0.2) is 63.8 Å². The minimum Gasteiger partial charge on any atom is -0.461 e. The summed E-state index contributed by atoms with van der Waals surface area (Å²) in [4.78, 5) is 19.4. The van der Waals surface area contributed by atoms with E-state index in [0.717, 1.165) is 31.6 Å². The Labute approximate surface area is 266 Å². The van der Waals surface area contributed by atoms with Gasteiger partial charge in [0.25, 0.3) is 0 Å². The van der Waals surface area contributed by atoms with Crippen molar-refractivity contribution in [1.29, 1.82) is 0 Å². The van der Waals surface area contributed by atoms with E-state index in [1.165, 1.54) is 25.3 Å². The predicted octanol–water partition coefficient (Wildman–Crippen LogP) is 6.86. The van der Waals surface area contributed by atoms with Crippen molar-refractivity contribution in [2.75, 3.05) is 31.1 Å². The SMILES string of the molecule is C#Cc1c(F)ccc2cccc(-c3nc4c5c(nc(OC[C@@]67CCCN6C[C@H](F)C7)nc5c3F)N3C[C@H]5CC[C@H](C5)[C@H]3[C@H](C)C4)c12. The van der Waals surface area contributed by atoms with Gasteiger partial charge in [-0.2, -0.15) is 9.97 Å². The molecular weight excluding hydrogens is 587 g/mol. The maximum atomic E-state index is 17.1. The third-order valence-electron chi connectivity index (χ3n) is 11.7. The highest BCUT2D eigenvalue weighted by Crippen LogP contribution is 2.49. The van der Waals surface area contributed by atoms with Crippen LogP contribution < -0.4 is 9.64 Å². The lowest BCUT2D eigenvalue weighted by atomic mass is 9.82. The number of alkyl halides is 1. The van der Waals surface area contributed by atoms with Crippen LogP contribution in [-0.2, 0) is 6.42 Å². The van der Waals surface area contributed by atoms with Crippen molar-refractivity contribution in [3.8, 4) is 29.6 Å². The summed E-state index contributed by atoms with van der Waals surface area (Å²) in [5.41, 5.74) is 1.10. The standard InChI is InChI=1S/C37H36F3N5O/c1-3-25-27(39)11-10-22-6-4-7-26(29(22)25)32-31(40)33-30-28(41-32)14-20(2)34-23-9-8-21(15-23)17-45(34)35(30)43-36(42-33)46-19-37-12-5-13-44(37)18-24(38)16-37/h1,4,6-7,10-11,20-21,23-24,34H,5,8-9,12-19H2,2H3/t20-,21+,23-,24-,34-,37+/m1/s1. The van der Waals surface area contributed by atoms with Gasteiger partial charge >= 0.3 is 6.01 Å². The third kappa shape index (κ3) is 4.11. The van der Waals surface area contributed by atoms with Crippen LogP contribution in [0.25, 0.3) is 32.9 Å². The molecule has 1 aliphatic carbocycles. The molecule has 0 unspecified atom stereocenters. The molecule has 9 heteroatoms. The molecule has 0 N–H and O–H groups in total. The van der Waals surface area contributed by atoms with Gasteiger partial charge in [-0.15, -0.1) is 6.42 Å². The molecule has 2 bridgehead atoms. The quantitative estimate of drug-likeness (QED) is 0.232. The monoisotopic (exact) mass is 623 g/mol. The maximum Gasteiger partial charge on any atom is 0.319 e. The lowest BCUT2D eigenvalue weighted by Crippen LogP contribution is -2.49. The van der Waals surface area contributed by atoms with E-state index in [1.54, 1.807) is 12.1 Å². The summed E-state index contributed by atoms with van der Waals surface area (Å²) in [6.45, 7) is 4.64. The Balaban J connectivity index is 1.25. The van der Waals surface area contributed by atoms with Crippen molar-refractivity contribution in [2.24, 2.45) is 17.8 Å². The van der Waals surface area contributed by atoms with Crippen LogP contribution >= 0.6 is 0 Å². The molecule has 3 saturated heterocycles. The fraction of sp³-hybridized carbons (Fsp3) is 0.486. The molecule has 6 nitrogen and oxygen atoms in total. The van der Waals surface area contributed by atoms with Crippen LogP contribution in [0.2, 0.25) is 0 Å². The van der Waals surface area contributed by atoms with Gasteiger partial charge in [0.15, 0.2) is 5.82 Å². The first kappa shape index (κ1) is 28.3.